The molecular weight excluding hydrogens is 284 g/mol. The summed E-state index contributed by atoms with van der Waals surface area (Å²) in [5.74, 6) is 0.0616. The minimum absolute atomic E-state index is 0.0283. The summed E-state index contributed by atoms with van der Waals surface area (Å²) in [6.07, 6.45) is 5.14. The molecule has 3 saturated carbocycles. The molecule has 2 atom stereocenters. The standard InChI is InChI=1S/C16H26N2O4/c1-2-22-14-7-13(14)16(21)17-11-5-12(6-11)18(9-15(19)20)8-10-3-4-10/h10-14H,2-9H2,1H3,(H,17,21)(H,19,20). The van der Waals surface area contributed by atoms with E-state index in [4.69, 9.17) is 9.84 Å². The van der Waals surface area contributed by atoms with Gasteiger partial charge in [-0.3, -0.25) is 14.5 Å². The number of hydrogen-bond donors (Lipinski definition) is 2. The molecule has 0 radical (unpaired) electrons. The molecule has 0 aromatic rings. The Morgan fingerprint density at radius 2 is 2.00 bits per heavy atom. The van der Waals surface area contributed by atoms with Gasteiger partial charge in [0.25, 0.3) is 0 Å². The maximum Gasteiger partial charge on any atom is 0.317 e. The van der Waals surface area contributed by atoms with Crippen molar-refractivity contribution < 1.29 is 19.4 Å². The lowest BCUT2D eigenvalue weighted by atomic mass is 9.85. The van der Waals surface area contributed by atoms with E-state index in [1.54, 1.807) is 0 Å². The Labute approximate surface area is 131 Å². The Bertz CT molecular complexity index is 432. The lowest BCUT2D eigenvalue weighted by Crippen LogP contribution is -2.55. The Morgan fingerprint density at radius 1 is 1.27 bits per heavy atom. The van der Waals surface area contributed by atoms with Crippen LogP contribution < -0.4 is 5.32 Å². The molecule has 0 saturated heterocycles. The van der Waals surface area contributed by atoms with E-state index in [9.17, 15) is 9.59 Å². The normalized spacial score (nSPS) is 33.4. The van der Waals surface area contributed by atoms with Crippen LogP contribution in [0.2, 0.25) is 0 Å². The molecule has 1 amide bonds. The molecule has 0 bridgehead atoms. The van der Waals surface area contributed by atoms with E-state index in [-0.39, 0.29) is 30.5 Å². The van der Waals surface area contributed by atoms with Gasteiger partial charge in [0, 0.05) is 25.2 Å². The molecule has 0 spiro atoms. The fraction of sp³-hybridized carbons (Fsp3) is 0.875. The molecule has 0 aliphatic heterocycles. The minimum Gasteiger partial charge on any atom is -0.480 e. The average molecular weight is 310 g/mol. The molecule has 3 aliphatic carbocycles. The number of carbonyl (C=O) groups excluding carboxylic acids is 1. The Balaban J connectivity index is 1.38. The predicted molar refractivity (Wildman–Crippen MR) is 80.4 cm³/mol. The number of nitrogens with zero attached hydrogens (tertiary/aromatic N) is 1. The van der Waals surface area contributed by atoms with E-state index in [1.807, 2.05) is 6.92 Å². The van der Waals surface area contributed by atoms with Gasteiger partial charge in [-0.25, -0.2) is 0 Å². The van der Waals surface area contributed by atoms with Crippen molar-refractivity contribution in [3.8, 4) is 0 Å². The second kappa shape index (κ2) is 6.54. The van der Waals surface area contributed by atoms with Crippen LogP contribution in [0.4, 0.5) is 0 Å². The third-order valence-electron chi connectivity index (χ3n) is 4.95. The van der Waals surface area contributed by atoms with Gasteiger partial charge in [-0.2, -0.15) is 0 Å². The van der Waals surface area contributed by atoms with Crippen LogP contribution in [0.25, 0.3) is 0 Å². The van der Waals surface area contributed by atoms with Gasteiger partial charge < -0.3 is 15.2 Å². The third kappa shape index (κ3) is 3.98. The van der Waals surface area contributed by atoms with Crippen LogP contribution in [-0.4, -0.2) is 59.8 Å². The van der Waals surface area contributed by atoms with Crippen LogP contribution in [0.1, 0.15) is 39.0 Å². The average Bonchev–Trinajstić information content (AvgIpc) is 3.28. The van der Waals surface area contributed by atoms with E-state index in [2.05, 4.69) is 10.2 Å². The number of carboxylic acid groups (broad SMARTS) is 1. The van der Waals surface area contributed by atoms with Crippen molar-refractivity contribution in [2.24, 2.45) is 11.8 Å². The summed E-state index contributed by atoms with van der Waals surface area (Å²) >= 11 is 0. The van der Waals surface area contributed by atoms with Crippen molar-refractivity contribution in [2.75, 3.05) is 19.7 Å². The molecule has 6 heteroatoms. The van der Waals surface area contributed by atoms with Crippen molar-refractivity contribution in [3.63, 3.8) is 0 Å². The van der Waals surface area contributed by atoms with Gasteiger partial charge in [-0.1, -0.05) is 0 Å². The van der Waals surface area contributed by atoms with Crippen molar-refractivity contribution in [2.45, 2.75) is 57.2 Å². The van der Waals surface area contributed by atoms with Gasteiger partial charge in [0.15, 0.2) is 0 Å². The molecule has 0 aromatic heterocycles. The maximum atomic E-state index is 12.0. The second-order valence-corrected chi connectivity index (χ2v) is 6.93. The summed E-state index contributed by atoms with van der Waals surface area (Å²) < 4.78 is 5.44. The molecule has 0 aromatic carbocycles. The highest BCUT2D eigenvalue weighted by Gasteiger charge is 2.46. The molecule has 22 heavy (non-hydrogen) atoms. The summed E-state index contributed by atoms with van der Waals surface area (Å²) in [7, 11) is 0. The predicted octanol–water partition coefficient (Wildman–Crippen LogP) is 0.855. The van der Waals surface area contributed by atoms with Crippen molar-refractivity contribution in [1.82, 2.24) is 10.2 Å². The van der Waals surface area contributed by atoms with E-state index in [0.29, 0.717) is 18.6 Å². The van der Waals surface area contributed by atoms with Crippen molar-refractivity contribution in [3.05, 3.63) is 0 Å². The van der Waals surface area contributed by atoms with Gasteiger partial charge in [-0.05, 0) is 44.9 Å². The molecule has 3 aliphatic rings. The third-order valence-corrected chi connectivity index (χ3v) is 4.95. The summed E-state index contributed by atoms with van der Waals surface area (Å²) in [5.41, 5.74) is 0. The fourth-order valence-electron chi connectivity index (χ4n) is 3.31. The highest BCUT2D eigenvalue weighted by molar-refractivity contribution is 5.82. The maximum absolute atomic E-state index is 12.0. The summed E-state index contributed by atoms with van der Waals surface area (Å²) in [4.78, 5) is 25.1. The monoisotopic (exact) mass is 310 g/mol. The lowest BCUT2D eigenvalue weighted by molar-refractivity contribution is -0.140. The van der Waals surface area contributed by atoms with Gasteiger partial charge in [0.05, 0.1) is 18.6 Å². The topological polar surface area (TPSA) is 78.9 Å². The largest absolute Gasteiger partial charge is 0.480 e. The first-order valence-corrected chi connectivity index (χ1v) is 8.44. The number of aliphatic carboxylic acids is 1. The molecule has 6 nitrogen and oxygen atoms in total. The minimum atomic E-state index is -0.759. The summed E-state index contributed by atoms with van der Waals surface area (Å²) in [5, 5.41) is 12.1. The zero-order chi connectivity index (χ0) is 15.7. The zero-order valence-corrected chi connectivity index (χ0v) is 13.2. The fourth-order valence-corrected chi connectivity index (χ4v) is 3.31. The van der Waals surface area contributed by atoms with Gasteiger partial charge in [-0.15, -0.1) is 0 Å². The molecule has 2 unspecified atom stereocenters. The number of carbonyl (C=O) groups is 2. The summed E-state index contributed by atoms with van der Waals surface area (Å²) in [6, 6.07) is 0.514. The van der Waals surface area contributed by atoms with Gasteiger partial charge in [0.2, 0.25) is 5.91 Å². The summed E-state index contributed by atoms with van der Waals surface area (Å²) in [6.45, 7) is 3.62. The van der Waals surface area contributed by atoms with Gasteiger partial charge >= 0.3 is 5.97 Å². The van der Waals surface area contributed by atoms with Crippen LogP contribution in [0, 0.1) is 11.8 Å². The van der Waals surface area contributed by atoms with Crippen LogP contribution in [0.15, 0.2) is 0 Å². The number of amides is 1. The first kappa shape index (κ1) is 15.7. The number of rotatable bonds is 9. The van der Waals surface area contributed by atoms with Gasteiger partial charge in [0.1, 0.15) is 0 Å². The van der Waals surface area contributed by atoms with Crippen molar-refractivity contribution in [1.29, 1.82) is 0 Å². The van der Waals surface area contributed by atoms with Crippen molar-refractivity contribution >= 4 is 11.9 Å². The molecule has 3 fully saturated rings. The highest BCUT2D eigenvalue weighted by atomic mass is 16.5. The Morgan fingerprint density at radius 3 is 2.59 bits per heavy atom. The van der Waals surface area contributed by atoms with Crippen LogP contribution in [0.3, 0.4) is 0 Å². The molecule has 2 N–H and O–H groups in total. The molecular formula is C16H26N2O4. The van der Waals surface area contributed by atoms with E-state index in [1.165, 1.54) is 12.8 Å². The van der Waals surface area contributed by atoms with Crippen LogP contribution in [-0.2, 0) is 14.3 Å². The Kier molecular flexibility index (Phi) is 4.68. The SMILES string of the molecule is CCOC1CC1C(=O)NC1CC(N(CC(=O)O)CC2CC2)C1. The zero-order valence-electron chi connectivity index (χ0n) is 13.2. The van der Waals surface area contributed by atoms with E-state index < -0.39 is 5.97 Å². The molecule has 3 rings (SSSR count). The molecule has 0 heterocycles. The second-order valence-electron chi connectivity index (χ2n) is 6.93. The van der Waals surface area contributed by atoms with E-state index in [0.717, 1.165) is 25.8 Å². The smallest absolute Gasteiger partial charge is 0.317 e. The lowest BCUT2D eigenvalue weighted by Gasteiger charge is -2.42. The van der Waals surface area contributed by atoms with E-state index >= 15 is 0 Å². The number of ether oxygens (including phenoxy) is 1. The van der Waals surface area contributed by atoms with Crippen LogP contribution in [0.5, 0.6) is 0 Å². The quantitative estimate of drug-likeness (QED) is 0.660. The molecule has 124 valence electrons. The Hall–Kier alpha value is -1.14. The first-order valence-electron chi connectivity index (χ1n) is 8.44. The number of hydrogen-bond acceptors (Lipinski definition) is 4. The highest BCUT2D eigenvalue weighted by Crippen LogP contribution is 2.36. The first-order chi connectivity index (χ1) is 10.6. The number of nitrogens with one attached hydrogen (secondary N) is 1. The number of carboxylic acids is 1. The van der Waals surface area contributed by atoms with Crippen LogP contribution >= 0.6 is 0 Å².